The van der Waals surface area contributed by atoms with Crippen molar-refractivity contribution < 1.29 is 9.84 Å². The quantitative estimate of drug-likeness (QED) is 0.796. The molecule has 0 radical (unpaired) electrons. The van der Waals surface area contributed by atoms with Crippen LogP contribution in [0.3, 0.4) is 0 Å². The van der Waals surface area contributed by atoms with Crippen molar-refractivity contribution in [1.29, 1.82) is 0 Å². The summed E-state index contributed by atoms with van der Waals surface area (Å²) in [4.78, 5) is 0. The van der Waals surface area contributed by atoms with E-state index >= 15 is 0 Å². The molecule has 0 amide bonds. The number of aliphatic hydroxyl groups excluding tert-OH is 1. The average Bonchev–Trinajstić information content (AvgIpc) is 2.95. The number of hydrogen-bond donors (Lipinski definition) is 1. The Kier molecular flexibility index (Phi) is 2.46. The molecule has 0 heterocycles. The van der Waals surface area contributed by atoms with Gasteiger partial charge in [0.15, 0.2) is 0 Å². The normalized spacial score (nSPS) is 27.1. The molecule has 0 spiro atoms. The third-order valence-electron chi connectivity index (χ3n) is 3.03. The average molecular weight is 192 g/mol. The molecule has 2 nitrogen and oxygen atoms in total. The lowest BCUT2D eigenvalue weighted by molar-refractivity contribution is 0.148. The molecular formula is C12H16O2. The molecule has 1 aromatic carbocycles. The van der Waals surface area contributed by atoms with Crippen LogP contribution in [0.5, 0.6) is 5.75 Å². The summed E-state index contributed by atoms with van der Waals surface area (Å²) in [6.45, 7) is 2.18. The molecule has 1 saturated carbocycles. The summed E-state index contributed by atoms with van der Waals surface area (Å²) in [6.07, 6.45) is 0.851. The van der Waals surface area contributed by atoms with Gasteiger partial charge in [-0.3, -0.25) is 0 Å². The molecule has 3 atom stereocenters. The van der Waals surface area contributed by atoms with E-state index in [0.29, 0.717) is 11.8 Å². The number of hydrogen-bond acceptors (Lipinski definition) is 2. The maximum atomic E-state index is 9.95. The molecule has 1 aliphatic rings. The first-order valence-electron chi connectivity index (χ1n) is 5.04. The molecule has 2 heteroatoms. The van der Waals surface area contributed by atoms with Crippen LogP contribution in [0.15, 0.2) is 24.3 Å². The van der Waals surface area contributed by atoms with Gasteiger partial charge in [0.25, 0.3) is 0 Å². The van der Waals surface area contributed by atoms with Crippen molar-refractivity contribution in [3.63, 3.8) is 0 Å². The van der Waals surface area contributed by atoms with Gasteiger partial charge in [-0.05, 0) is 36.0 Å². The standard InChI is InChI=1S/C12H16O2/c1-8-7-11(8)12(13)9-3-5-10(14-2)6-4-9/h3-6,8,11-13H,7H2,1-2H3. The van der Waals surface area contributed by atoms with E-state index in [1.807, 2.05) is 24.3 Å². The number of benzene rings is 1. The van der Waals surface area contributed by atoms with E-state index in [4.69, 9.17) is 4.74 Å². The molecule has 76 valence electrons. The minimum atomic E-state index is -0.295. The summed E-state index contributed by atoms with van der Waals surface area (Å²) in [5, 5.41) is 9.95. The first-order chi connectivity index (χ1) is 6.72. The maximum absolute atomic E-state index is 9.95. The molecule has 0 saturated heterocycles. The van der Waals surface area contributed by atoms with E-state index in [2.05, 4.69) is 6.92 Å². The van der Waals surface area contributed by atoms with Gasteiger partial charge in [-0.25, -0.2) is 0 Å². The second-order valence-electron chi connectivity index (χ2n) is 4.09. The summed E-state index contributed by atoms with van der Waals surface area (Å²) < 4.78 is 5.06. The van der Waals surface area contributed by atoms with E-state index in [-0.39, 0.29) is 6.10 Å². The number of ether oxygens (including phenoxy) is 1. The predicted molar refractivity (Wildman–Crippen MR) is 55.2 cm³/mol. The van der Waals surface area contributed by atoms with E-state index < -0.39 is 0 Å². The first-order valence-corrected chi connectivity index (χ1v) is 5.04. The Hall–Kier alpha value is -1.02. The highest BCUT2D eigenvalue weighted by atomic mass is 16.5. The molecule has 3 unspecified atom stereocenters. The van der Waals surface area contributed by atoms with Gasteiger partial charge in [0, 0.05) is 0 Å². The van der Waals surface area contributed by atoms with E-state index in [1.54, 1.807) is 7.11 Å². The zero-order chi connectivity index (χ0) is 10.1. The number of methoxy groups -OCH3 is 1. The number of aliphatic hydroxyl groups is 1. The Morgan fingerprint density at radius 3 is 2.36 bits per heavy atom. The van der Waals surface area contributed by atoms with Gasteiger partial charge in [0.05, 0.1) is 13.2 Å². The lowest BCUT2D eigenvalue weighted by Gasteiger charge is -2.10. The summed E-state index contributed by atoms with van der Waals surface area (Å²) in [5.74, 6) is 1.97. The molecule has 14 heavy (non-hydrogen) atoms. The van der Waals surface area contributed by atoms with Crippen LogP contribution in [-0.2, 0) is 0 Å². The van der Waals surface area contributed by atoms with Crippen LogP contribution in [0.25, 0.3) is 0 Å². The zero-order valence-electron chi connectivity index (χ0n) is 8.60. The van der Waals surface area contributed by atoms with Crippen molar-refractivity contribution >= 4 is 0 Å². The van der Waals surface area contributed by atoms with Crippen LogP contribution in [0, 0.1) is 11.8 Å². The Bertz CT molecular complexity index is 305. The van der Waals surface area contributed by atoms with Gasteiger partial charge >= 0.3 is 0 Å². The summed E-state index contributed by atoms with van der Waals surface area (Å²) in [5.41, 5.74) is 1.00. The molecule has 0 aliphatic heterocycles. The van der Waals surface area contributed by atoms with Gasteiger partial charge in [-0.1, -0.05) is 19.1 Å². The van der Waals surface area contributed by atoms with Crippen LogP contribution in [0.1, 0.15) is 25.0 Å². The van der Waals surface area contributed by atoms with Gasteiger partial charge in [0.2, 0.25) is 0 Å². The minimum Gasteiger partial charge on any atom is -0.497 e. The van der Waals surface area contributed by atoms with Crippen molar-refractivity contribution in [2.75, 3.05) is 7.11 Å². The third-order valence-corrected chi connectivity index (χ3v) is 3.03. The van der Waals surface area contributed by atoms with Crippen molar-refractivity contribution in [2.45, 2.75) is 19.4 Å². The van der Waals surface area contributed by atoms with Gasteiger partial charge in [-0.2, -0.15) is 0 Å². The largest absolute Gasteiger partial charge is 0.497 e. The fourth-order valence-corrected chi connectivity index (χ4v) is 1.84. The fraction of sp³-hybridized carbons (Fsp3) is 0.500. The fourth-order valence-electron chi connectivity index (χ4n) is 1.84. The predicted octanol–water partition coefficient (Wildman–Crippen LogP) is 2.38. The smallest absolute Gasteiger partial charge is 0.118 e. The van der Waals surface area contributed by atoms with Crippen LogP contribution in [-0.4, -0.2) is 12.2 Å². The highest BCUT2D eigenvalue weighted by Crippen LogP contribution is 2.46. The lowest BCUT2D eigenvalue weighted by Crippen LogP contribution is -2.00. The van der Waals surface area contributed by atoms with Crippen molar-refractivity contribution in [3.8, 4) is 5.75 Å². The Morgan fingerprint density at radius 1 is 1.36 bits per heavy atom. The van der Waals surface area contributed by atoms with Crippen LogP contribution < -0.4 is 4.74 Å². The summed E-state index contributed by atoms with van der Waals surface area (Å²) in [6, 6.07) is 7.67. The highest BCUT2D eigenvalue weighted by molar-refractivity contribution is 5.29. The Balaban J connectivity index is 2.08. The first kappa shape index (κ1) is 9.53. The second kappa shape index (κ2) is 3.62. The van der Waals surface area contributed by atoms with Gasteiger partial charge in [0.1, 0.15) is 5.75 Å². The monoisotopic (exact) mass is 192 g/mol. The lowest BCUT2D eigenvalue weighted by atomic mass is 10.0. The molecule has 1 N–H and O–H groups in total. The molecule has 1 aromatic rings. The van der Waals surface area contributed by atoms with Gasteiger partial charge in [-0.15, -0.1) is 0 Å². The summed E-state index contributed by atoms with van der Waals surface area (Å²) in [7, 11) is 1.65. The topological polar surface area (TPSA) is 29.5 Å². The van der Waals surface area contributed by atoms with E-state index in [0.717, 1.165) is 17.7 Å². The number of rotatable bonds is 3. The minimum absolute atomic E-state index is 0.295. The maximum Gasteiger partial charge on any atom is 0.118 e. The van der Waals surface area contributed by atoms with Crippen LogP contribution in [0.4, 0.5) is 0 Å². The van der Waals surface area contributed by atoms with E-state index in [1.165, 1.54) is 0 Å². The molecule has 1 fully saturated rings. The molecule has 1 aliphatic carbocycles. The van der Waals surface area contributed by atoms with Gasteiger partial charge < -0.3 is 9.84 Å². The highest BCUT2D eigenvalue weighted by Gasteiger charge is 2.39. The Morgan fingerprint density at radius 2 is 1.93 bits per heavy atom. The molecule has 0 aromatic heterocycles. The SMILES string of the molecule is COc1ccc(C(O)C2CC2C)cc1. The van der Waals surface area contributed by atoms with Crippen molar-refractivity contribution in [3.05, 3.63) is 29.8 Å². The van der Waals surface area contributed by atoms with Crippen molar-refractivity contribution in [2.24, 2.45) is 11.8 Å². The summed E-state index contributed by atoms with van der Waals surface area (Å²) >= 11 is 0. The zero-order valence-corrected chi connectivity index (χ0v) is 8.60. The Labute approximate surface area is 84.5 Å². The molecule has 2 rings (SSSR count). The third kappa shape index (κ3) is 1.75. The molecule has 0 bridgehead atoms. The molecular weight excluding hydrogens is 176 g/mol. The van der Waals surface area contributed by atoms with Crippen molar-refractivity contribution in [1.82, 2.24) is 0 Å². The van der Waals surface area contributed by atoms with Crippen LogP contribution in [0.2, 0.25) is 0 Å². The second-order valence-corrected chi connectivity index (χ2v) is 4.09. The van der Waals surface area contributed by atoms with E-state index in [9.17, 15) is 5.11 Å². The van der Waals surface area contributed by atoms with Crippen LogP contribution >= 0.6 is 0 Å².